The number of rotatable bonds is 5. The van der Waals surface area contributed by atoms with E-state index in [1.807, 2.05) is 13.0 Å². The fraction of sp³-hybridized carbons (Fsp3) is 0.667. The van der Waals surface area contributed by atoms with Gasteiger partial charge in [-0.15, -0.1) is 11.8 Å². The summed E-state index contributed by atoms with van der Waals surface area (Å²) in [7, 11) is 0. The summed E-state index contributed by atoms with van der Waals surface area (Å²) in [5.41, 5.74) is 0. The lowest BCUT2D eigenvalue weighted by Gasteiger charge is -2.13. The molecule has 1 heterocycles. The molecule has 3 nitrogen and oxygen atoms in total. The van der Waals surface area contributed by atoms with Crippen LogP contribution in [0, 0.1) is 17.8 Å². The standard InChI is InChI=1S/C15H23NO2/c1-3-4-5-6-7-12(2)14(17)10-8-13-9-11-15(18)16-13/h8,10,12-14,17H,3-4,7,9,11H2,1-2H3,(H,16,18)/b10-8+/t12?,13-,14-/m0/s1. The fourth-order valence-corrected chi connectivity index (χ4v) is 1.79. The van der Waals surface area contributed by atoms with E-state index in [1.165, 1.54) is 0 Å². The van der Waals surface area contributed by atoms with Gasteiger partial charge in [0.05, 0.1) is 6.10 Å². The summed E-state index contributed by atoms with van der Waals surface area (Å²) in [6.45, 7) is 4.09. The maximum absolute atomic E-state index is 11.0. The lowest BCUT2D eigenvalue weighted by atomic mass is 10.00. The number of hydrogen-bond donors (Lipinski definition) is 2. The van der Waals surface area contributed by atoms with Crippen LogP contribution in [0.3, 0.4) is 0 Å². The SMILES string of the molecule is CCCC#CCC(C)[C@@H](O)/C=C/[C@H]1CCC(=O)N1. The Hall–Kier alpha value is -1.27. The van der Waals surface area contributed by atoms with Crippen LogP contribution in [0.2, 0.25) is 0 Å². The Kier molecular flexibility index (Phi) is 6.53. The zero-order valence-corrected chi connectivity index (χ0v) is 11.3. The molecular formula is C15H23NO2. The van der Waals surface area contributed by atoms with Gasteiger partial charge in [-0.1, -0.05) is 26.0 Å². The highest BCUT2D eigenvalue weighted by Crippen LogP contribution is 2.12. The molecule has 100 valence electrons. The molecule has 18 heavy (non-hydrogen) atoms. The predicted molar refractivity (Wildman–Crippen MR) is 72.8 cm³/mol. The third kappa shape index (κ3) is 5.37. The third-order valence-corrected chi connectivity index (χ3v) is 3.08. The Bertz CT molecular complexity index is 351. The Morgan fingerprint density at radius 3 is 2.94 bits per heavy atom. The van der Waals surface area contributed by atoms with Gasteiger partial charge < -0.3 is 10.4 Å². The molecule has 1 saturated heterocycles. The largest absolute Gasteiger partial charge is 0.389 e. The number of aliphatic hydroxyl groups is 1. The molecule has 0 bridgehead atoms. The summed E-state index contributed by atoms with van der Waals surface area (Å²) in [5, 5.41) is 12.8. The molecule has 2 N–H and O–H groups in total. The van der Waals surface area contributed by atoms with Crippen molar-refractivity contribution in [3.63, 3.8) is 0 Å². The fourth-order valence-electron chi connectivity index (χ4n) is 1.79. The van der Waals surface area contributed by atoms with Crippen LogP contribution in [0.15, 0.2) is 12.2 Å². The summed E-state index contributed by atoms with van der Waals surface area (Å²) < 4.78 is 0. The molecule has 1 fully saturated rings. The van der Waals surface area contributed by atoms with Crippen LogP contribution < -0.4 is 5.32 Å². The predicted octanol–water partition coefficient (Wildman–Crippen LogP) is 2.01. The molecule has 0 spiro atoms. The second-order valence-corrected chi connectivity index (χ2v) is 4.87. The van der Waals surface area contributed by atoms with Crippen molar-refractivity contribution in [3.8, 4) is 11.8 Å². The van der Waals surface area contributed by atoms with Crippen LogP contribution in [0.4, 0.5) is 0 Å². The first-order valence-corrected chi connectivity index (χ1v) is 6.75. The quantitative estimate of drug-likeness (QED) is 0.578. The third-order valence-electron chi connectivity index (χ3n) is 3.08. The van der Waals surface area contributed by atoms with E-state index in [-0.39, 0.29) is 17.9 Å². The Morgan fingerprint density at radius 2 is 2.33 bits per heavy atom. The van der Waals surface area contributed by atoms with Gasteiger partial charge in [-0.3, -0.25) is 4.79 Å². The van der Waals surface area contributed by atoms with Crippen LogP contribution in [0.5, 0.6) is 0 Å². The first kappa shape index (κ1) is 14.8. The van der Waals surface area contributed by atoms with Gasteiger partial charge in [0.2, 0.25) is 5.91 Å². The normalized spacial score (nSPS) is 22.4. The molecule has 0 saturated carbocycles. The van der Waals surface area contributed by atoms with E-state index in [0.29, 0.717) is 12.8 Å². The van der Waals surface area contributed by atoms with Gasteiger partial charge in [0, 0.05) is 25.3 Å². The van der Waals surface area contributed by atoms with Crippen LogP contribution >= 0.6 is 0 Å². The topological polar surface area (TPSA) is 49.3 Å². The van der Waals surface area contributed by atoms with Crippen molar-refractivity contribution in [3.05, 3.63) is 12.2 Å². The van der Waals surface area contributed by atoms with Gasteiger partial charge >= 0.3 is 0 Å². The molecule has 1 amide bonds. The van der Waals surface area contributed by atoms with Gasteiger partial charge in [-0.2, -0.15) is 0 Å². The highest BCUT2D eigenvalue weighted by atomic mass is 16.3. The second-order valence-electron chi connectivity index (χ2n) is 4.87. The summed E-state index contributed by atoms with van der Waals surface area (Å²) in [5.74, 6) is 6.39. The van der Waals surface area contributed by atoms with E-state index in [1.54, 1.807) is 6.08 Å². The first-order valence-electron chi connectivity index (χ1n) is 6.75. The van der Waals surface area contributed by atoms with E-state index >= 15 is 0 Å². The zero-order valence-electron chi connectivity index (χ0n) is 11.3. The minimum Gasteiger partial charge on any atom is -0.389 e. The summed E-state index contributed by atoms with van der Waals surface area (Å²) in [6, 6.07) is 0.0884. The van der Waals surface area contributed by atoms with Crippen molar-refractivity contribution in [1.29, 1.82) is 0 Å². The van der Waals surface area contributed by atoms with Gasteiger partial charge in [0.25, 0.3) is 0 Å². The van der Waals surface area contributed by atoms with Crippen molar-refractivity contribution in [2.24, 2.45) is 5.92 Å². The maximum Gasteiger partial charge on any atom is 0.220 e. The molecule has 1 aliphatic rings. The van der Waals surface area contributed by atoms with Crippen LogP contribution in [-0.4, -0.2) is 23.2 Å². The number of aliphatic hydroxyl groups excluding tert-OH is 1. The number of unbranched alkanes of at least 4 members (excludes halogenated alkanes) is 1. The Balaban J connectivity index is 2.31. The molecule has 3 atom stereocenters. The molecular weight excluding hydrogens is 226 g/mol. The van der Waals surface area contributed by atoms with Gasteiger partial charge in [0.15, 0.2) is 0 Å². The molecule has 1 unspecified atom stereocenters. The van der Waals surface area contributed by atoms with Crippen molar-refractivity contribution in [1.82, 2.24) is 5.32 Å². The molecule has 1 aliphatic heterocycles. The van der Waals surface area contributed by atoms with Crippen LogP contribution in [0.1, 0.15) is 46.0 Å². The lowest BCUT2D eigenvalue weighted by molar-refractivity contribution is -0.119. The highest BCUT2D eigenvalue weighted by Gasteiger charge is 2.18. The Labute approximate surface area is 110 Å². The molecule has 0 aliphatic carbocycles. The van der Waals surface area contributed by atoms with Gasteiger partial charge in [0.1, 0.15) is 0 Å². The molecule has 1 rings (SSSR count). The van der Waals surface area contributed by atoms with E-state index in [4.69, 9.17) is 0 Å². The molecule has 3 heteroatoms. The molecule has 0 aromatic heterocycles. The zero-order chi connectivity index (χ0) is 13.4. The van der Waals surface area contributed by atoms with Crippen LogP contribution in [-0.2, 0) is 4.79 Å². The average molecular weight is 249 g/mol. The lowest BCUT2D eigenvalue weighted by Crippen LogP contribution is -2.24. The molecule has 0 aromatic carbocycles. The second kappa shape index (κ2) is 7.94. The van der Waals surface area contributed by atoms with Gasteiger partial charge in [-0.25, -0.2) is 0 Å². The molecule has 0 aromatic rings. The highest BCUT2D eigenvalue weighted by molar-refractivity contribution is 5.78. The van der Waals surface area contributed by atoms with Crippen molar-refractivity contribution in [2.75, 3.05) is 0 Å². The first-order chi connectivity index (χ1) is 8.63. The summed E-state index contributed by atoms with van der Waals surface area (Å²) >= 11 is 0. The monoisotopic (exact) mass is 249 g/mol. The summed E-state index contributed by atoms with van der Waals surface area (Å²) in [4.78, 5) is 11.0. The Morgan fingerprint density at radius 1 is 1.56 bits per heavy atom. The van der Waals surface area contributed by atoms with Gasteiger partial charge in [-0.05, 0) is 18.8 Å². The number of amides is 1. The number of carbonyl (C=O) groups excluding carboxylic acids is 1. The van der Waals surface area contributed by atoms with Crippen molar-refractivity contribution < 1.29 is 9.90 Å². The summed E-state index contributed by atoms with van der Waals surface area (Å²) in [6.07, 6.45) is 7.31. The molecule has 0 radical (unpaired) electrons. The van der Waals surface area contributed by atoms with Crippen molar-refractivity contribution >= 4 is 5.91 Å². The number of hydrogen-bond acceptors (Lipinski definition) is 2. The maximum atomic E-state index is 11.0. The van der Waals surface area contributed by atoms with E-state index in [0.717, 1.165) is 19.3 Å². The smallest absolute Gasteiger partial charge is 0.220 e. The van der Waals surface area contributed by atoms with Crippen molar-refractivity contribution in [2.45, 2.75) is 58.1 Å². The number of carbonyl (C=O) groups is 1. The van der Waals surface area contributed by atoms with E-state index in [2.05, 4.69) is 24.1 Å². The van der Waals surface area contributed by atoms with E-state index < -0.39 is 6.10 Å². The van der Waals surface area contributed by atoms with Crippen LogP contribution in [0.25, 0.3) is 0 Å². The minimum absolute atomic E-state index is 0.0884. The minimum atomic E-state index is -0.488. The van der Waals surface area contributed by atoms with E-state index in [9.17, 15) is 9.90 Å². The number of nitrogens with one attached hydrogen (secondary N) is 1. The average Bonchev–Trinajstić information content (AvgIpc) is 2.77.